The number of nitrogens with zero attached hydrogens (tertiary/aromatic N) is 1. The van der Waals surface area contributed by atoms with Crippen molar-refractivity contribution in [3.63, 3.8) is 0 Å². The van der Waals surface area contributed by atoms with Crippen LogP contribution >= 0.6 is 0 Å². The lowest BCUT2D eigenvalue weighted by atomic mass is 9.59. The van der Waals surface area contributed by atoms with E-state index >= 15 is 0 Å². The molecule has 0 radical (unpaired) electrons. The molecule has 1 aromatic heterocycles. The molecule has 0 amide bonds. The number of aliphatic hydroxyl groups is 3. The summed E-state index contributed by atoms with van der Waals surface area (Å²) in [6.45, 7) is 14.0. The van der Waals surface area contributed by atoms with E-state index in [1.54, 1.807) is 26.2 Å². The van der Waals surface area contributed by atoms with Gasteiger partial charge in [-0.25, -0.2) is 4.79 Å². The number of aryl methyl sites for hydroxylation is 1. The summed E-state index contributed by atoms with van der Waals surface area (Å²) in [6, 6.07) is 0. The third-order valence-electron chi connectivity index (χ3n) is 10.0. The molecule has 4 rings (SSSR count). The highest BCUT2D eigenvalue weighted by Crippen LogP contribution is 2.62. The molecule has 3 N–H and O–H groups in total. The number of allylic oxidation sites excluding steroid dienone is 1. The van der Waals surface area contributed by atoms with Crippen LogP contribution in [0.25, 0.3) is 0 Å². The molecule has 1 fully saturated rings. The number of carbonyl (C=O) groups is 2. The van der Waals surface area contributed by atoms with Crippen molar-refractivity contribution in [3.05, 3.63) is 46.3 Å². The van der Waals surface area contributed by atoms with E-state index in [0.29, 0.717) is 36.4 Å². The Morgan fingerprint density at radius 3 is 2.45 bits per heavy atom. The Morgan fingerprint density at radius 1 is 1.18 bits per heavy atom. The zero-order chi connectivity index (χ0) is 28.4. The van der Waals surface area contributed by atoms with Crippen LogP contribution in [0.15, 0.2) is 29.5 Å². The van der Waals surface area contributed by atoms with E-state index in [2.05, 4.69) is 6.92 Å². The molecule has 0 aromatic carbocycles. The fourth-order valence-corrected chi connectivity index (χ4v) is 7.37. The van der Waals surface area contributed by atoms with Gasteiger partial charge in [-0.15, -0.1) is 0 Å². The van der Waals surface area contributed by atoms with Crippen molar-refractivity contribution in [1.82, 2.24) is 4.57 Å². The van der Waals surface area contributed by atoms with Gasteiger partial charge in [0.15, 0.2) is 17.5 Å². The highest BCUT2D eigenvalue weighted by Gasteiger charge is 2.73. The minimum absolute atomic E-state index is 0.119. The monoisotopic (exact) mass is 529 g/mol. The second kappa shape index (κ2) is 9.73. The number of aromatic nitrogens is 1. The maximum absolute atomic E-state index is 14.5. The van der Waals surface area contributed by atoms with Gasteiger partial charge in [0.05, 0.1) is 24.2 Å². The Kier molecular flexibility index (Phi) is 7.36. The van der Waals surface area contributed by atoms with Crippen LogP contribution in [0.1, 0.15) is 62.7 Å². The van der Waals surface area contributed by atoms with Gasteiger partial charge < -0.3 is 29.4 Å². The zero-order valence-electron chi connectivity index (χ0n) is 23.9. The fraction of sp³-hybridized carbons (Fsp3) is 0.667. The molecule has 3 aliphatic rings. The first-order chi connectivity index (χ1) is 17.7. The van der Waals surface area contributed by atoms with Gasteiger partial charge in [0.1, 0.15) is 6.10 Å². The third kappa shape index (κ3) is 3.79. The van der Waals surface area contributed by atoms with Gasteiger partial charge in [0, 0.05) is 31.5 Å². The molecule has 2 bridgehead atoms. The number of rotatable bonds is 6. The minimum atomic E-state index is -2.17. The molecule has 1 aromatic rings. The Hall–Kier alpha value is -2.26. The molecule has 0 unspecified atom stereocenters. The van der Waals surface area contributed by atoms with Crippen molar-refractivity contribution in [2.24, 2.45) is 28.6 Å². The van der Waals surface area contributed by atoms with E-state index in [0.717, 1.165) is 5.56 Å². The van der Waals surface area contributed by atoms with Crippen molar-refractivity contribution in [2.75, 3.05) is 20.3 Å². The van der Waals surface area contributed by atoms with Crippen LogP contribution in [-0.2, 0) is 20.8 Å². The van der Waals surface area contributed by atoms with Crippen molar-refractivity contribution in [3.8, 4) is 0 Å². The number of ketones is 1. The molecule has 1 spiro atoms. The minimum Gasteiger partial charge on any atom is -0.451 e. The molecule has 0 saturated heterocycles. The predicted molar refractivity (Wildman–Crippen MR) is 143 cm³/mol. The van der Waals surface area contributed by atoms with Crippen LogP contribution in [-0.4, -0.2) is 69.8 Å². The van der Waals surface area contributed by atoms with Crippen LogP contribution in [0.5, 0.6) is 0 Å². The summed E-state index contributed by atoms with van der Waals surface area (Å²) in [4.78, 5) is 28.2. The number of aliphatic hydroxyl groups excluding tert-OH is 2. The highest BCUT2D eigenvalue weighted by molar-refractivity contribution is 5.96. The lowest BCUT2D eigenvalue weighted by Gasteiger charge is -2.48. The molecule has 8 heteroatoms. The second-order valence-electron chi connectivity index (χ2n) is 12.3. The van der Waals surface area contributed by atoms with Gasteiger partial charge in [0.2, 0.25) is 0 Å². The number of ether oxygens (including phenoxy) is 2. The Bertz CT molecular complexity index is 1190. The van der Waals surface area contributed by atoms with Gasteiger partial charge in [0.25, 0.3) is 0 Å². The van der Waals surface area contributed by atoms with Crippen LogP contribution in [0.3, 0.4) is 0 Å². The van der Waals surface area contributed by atoms with Gasteiger partial charge in [-0.1, -0.05) is 39.8 Å². The Labute approximate surface area is 225 Å². The largest absolute Gasteiger partial charge is 0.451 e. The molecular weight excluding hydrogens is 486 g/mol. The summed E-state index contributed by atoms with van der Waals surface area (Å²) in [7, 11) is 1.61. The smallest absolute Gasteiger partial charge is 0.340 e. The maximum atomic E-state index is 14.5. The topological polar surface area (TPSA) is 118 Å². The molecule has 8 nitrogen and oxygen atoms in total. The van der Waals surface area contributed by atoms with E-state index < -0.39 is 47.1 Å². The standard InChI is InChI=1S/C30H43NO7/c1-16-13-29-19(4)11-18(3)28(6,7)22(25(29)34)12-21(15-32)24(33)30(29,36)26(16)38-27(35)23-17(2)14-31(20(23)5)9-10-37-8/h12-14,18-19,22,24,26,32-33,36H,9-11,15H2,1-8H3/t18-,19+,22+,24+,26-,29-,30-/m0/s1. The summed E-state index contributed by atoms with van der Waals surface area (Å²) < 4.78 is 13.2. The second-order valence-corrected chi connectivity index (χ2v) is 12.3. The number of methoxy groups -OCH3 is 1. The molecule has 210 valence electrons. The van der Waals surface area contributed by atoms with Crippen molar-refractivity contribution in [2.45, 2.75) is 79.2 Å². The number of hydrogen-bond acceptors (Lipinski definition) is 7. The normalized spacial score (nSPS) is 36.2. The first-order valence-electron chi connectivity index (χ1n) is 13.5. The van der Waals surface area contributed by atoms with Gasteiger partial charge in [-0.05, 0) is 61.2 Å². The first-order valence-corrected chi connectivity index (χ1v) is 13.5. The molecule has 1 heterocycles. The van der Waals surface area contributed by atoms with E-state index in [1.165, 1.54) is 0 Å². The van der Waals surface area contributed by atoms with Crippen molar-refractivity contribution < 1.29 is 34.4 Å². The average molecular weight is 530 g/mol. The maximum Gasteiger partial charge on any atom is 0.340 e. The van der Waals surface area contributed by atoms with Gasteiger partial charge in [-0.3, -0.25) is 4.79 Å². The van der Waals surface area contributed by atoms with E-state index in [1.807, 2.05) is 45.4 Å². The highest BCUT2D eigenvalue weighted by atomic mass is 16.6. The first kappa shape index (κ1) is 28.7. The number of carbonyl (C=O) groups excluding carboxylic acids is 2. The van der Waals surface area contributed by atoms with Gasteiger partial charge in [-0.2, -0.15) is 0 Å². The summed E-state index contributed by atoms with van der Waals surface area (Å²) in [6.07, 6.45) is 3.00. The third-order valence-corrected chi connectivity index (χ3v) is 10.0. The molecule has 38 heavy (non-hydrogen) atoms. The molecule has 7 atom stereocenters. The average Bonchev–Trinajstić information content (AvgIpc) is 3.23. The molecule has 1 saturated carbocycles. The molecule has 3 aliphatic carbocycles. The summed E-state index contributed by atoms with van der Waals surface area (Å²) >= 11 is 0. The number of fused-ring (bicyclic) bond motifs is 1. The van der Waals surface area contributed by atoms with Crippen molar-refractivity contribution >= 4 is 11.8 Å². The number of esters is 1. The van der Waals surface area contributed by atoms with E-state index in [-0.39, 0.29) is 23.2 Å². The number of Topliss-reactive ketones (excluding diaryl/α,β-unsaturated/α-hetero) is 1. The molecule has 0 aliphatic heterocycles. The number of hydrogen-bond donors (Lipinski definition) is 3. The predicted octanol–water partition coefficient (Wildman–Crippen LogP) is 3.13. The Balaban J connectivity index is 1.84. The van der Waals surface area contributed by atoms with Crippen LogP contribution < -0.4 is 0 Å². The van der Waals surface area contributed by atoms with Crippen molar-refractivity contribution in [1.29, 1.82) is 0 Å². The fourth-order valence-electron chi connectivity index (χ4n) is 7.37. The van der Waals surface area contributed by atoms with Gasteiger partial charge >= 0.3 is 5.97 Å². The van der Waals surface area contributed by atoms with Crippen LogP contribution in [0.4, 0.5) is 0 Å². The lowest BCUT2D eigenvalue weighted by molar-refractivity contribution is -0.190. The van der Waals surface area contributed by atoms with Crippen LogP contribution in [0.2, 0.25) is 0 Å². The quantitative estimate of drug-likeness (QED) is 0.383. The Morgan fingerprint density at radius 2 is 1.84 bits per heavy atom. The summed E-state index contributed by atoms with van der Waals surface area (Å²) in [5.41, 5.74) is -1.65. The zero-order valence-corrected chi connectivity index (χ0v) is 23.9. The van der Waals surface area contributed by atoms with E-state index in [4.69, 9.17) is 9.47 Å². The SMILES string of the molecule is COCCn1cc(C)c(C(=O)O[C@H]2C(C)=C[C@]34C(=O)[C@@H](C=C(CO)[C@@H](O)[C@]23O)C(C)(C)[C@@H](C)C[C@H]4C)c1C. The van der Waals surface area contributed by atoms with E-state index in [9.17, 15) is 24.9 Å². The molecular formula is C30H43NO7. The summed E-state index contributed by atoms with van der Waals surface area (Å²) in [5, 5.41) is 34.6. The summed E-state index contributed by atoms with van der Waals surface area (Å²) in [5.74, 6) is -1.71. The lowest BCUT2D eigenvalue weighted by Crippen LogP contribution is -2.65. The van der Waals surface area contributed by atoms with Crippen LogP contribution in [0, 0.1) is 42.4 Å².